The lowest BCUT2D eigenvalue weighted by Gasteiger charge is -2.19. The van der Waals surface area contributed by atoms with Gasteiger partial charge in [0.2, 0.25) is 11.8 Å². The fraction of sp³-hybridized carbons (Fsp3) is 0.800. The Kier molecular flexibility index (Phi) is 10.4. The fourth-order valence-electron chi connectivity index (χ4n) is 2.05. The lowest BCUT2D eigenvalue weighted by Crippen LogP contribution is -2.46. The second kappa shape index (κ2) is 11.1. The van der Waals surface area contributed by atoms with Crippen LogP contribution in [0.4, 0.5) is 0 Å². The largest absolute Gasteiger partial charge is 0.355 e. The topological polar surface area (TPSA) is 113 Å². The molecule has 5 N–H and O–H groups in total. The van der Waals surface area contributed by atoms with Crippen LogP contribution in [0.5, 0.6) is 0 Å². The second-order valence-electron chi connectivity index (χ2n) is 5.82. The molecule has 2 amide bonds. The number of unbranched alkanes of at least 4 members (excludes halogenated alkanes) is 1. The summed E-state index contributed by atoms with van der Waals surface area (Å²) in [5.74, 6) is -0.203. The van der Waals surface area contributed by atoms with Crippen LogP contribution in [0.15, 0.2) is 0 Å². The monoisotopic (exact) mass is 314 g/mol. The summed E-state index contributed by atoms with van der Waals surface area (Å²) in [7, 11) is 1.77. The SMILES string of the molecule is CN[C@H](C(=O)NCCCC[C@@H](N)C(=O)NCC(C)=O)C(C)C. The Hall–Kier alpha value is -1.47. The first-order valence-corrected chi connectivity index (χ1v) is 7.77. The van der Waals surface area contributed by atoms with Gasteiger partial charge in [0.15, 0.2) is 0 Å². The third-order valence-corrected chi connectivity index (χ3v) is 3.35. The van der Waals surface area contributed by atoms with Crippen LogP contribution in [-0.4, -0.2) is 49.8 Å². The molecule has 7 nitrogen and oxygen atoms in total. The molecule has 0 aromatic heterocycles. The van der Waals surface area contributed by atoms with Gasteiger partial charge >= 0.3 is 0 Å². The van der Waals surface area contributed by atoms with E-state index in [2.05, 4.69) is 16.0 Å². The molecule has 0 radical (unpaired) electrons. The zero-order chi connectivity index (χ0) is 17.1. The van der Waals surface area contributed by atoms with E-state index in [1.54, 1.807) is 7.05 Å². The van der Waals surface area contributed by atoms with E-state index in [1.807, 2.05) is 13.8 Å². The maximum Gasteiger partial charge on any atom is 0.237 e. The van der Waals surface area contributed by atoms with Gasteiger partial charge in [0.05, 0.1) is 18.6 Å². The number of carbonyl (C=O) groups excluding carboxylic acids is 3. The number of Topliss-reactive ketones (excluding diaryl/α,β-unsaturated/α-hetero) is 1. The molecule has 0 bridgehead atoms. The van der Waals surface area contributed by atoms with Gasteiger partial charge in [0.1, 0.15) is 5.78 Å². The van der Waals surface area contributed by atoms with Crippen molar-refractivity contribution in [1.29, 1.82) is 0 Å². The van der Waals surface area contributed by atoms with E-state index in [-0.39, 0.29) is 36.1 Å². The number of nitrogens with one attached hydrogen (secondary N) is 3. The number of hydrogen-bond donors (Lipinski definition) is 4. The van der Waals surface area contributed by atoms with Gasteiger partial charge in [0.25, 0.3) is 0 Å². The Labute approximate surface area is 132 Å². The molecule has 2 atom stereocenters. The minimum Gasteiger partial charge on any atom is -0.355 e. The fourth-order valence-corrected chi connectivity index (χ4v) is 2.05. The third-order valence-electron chi connectivity index (χ3n) is 3.35. The summed E-state index contributed by atoms with van der Waals surface area (Å²) in [5, 5.41) is 8.34. The van der Waals surface area contributed by atoms with Crippen molar-refractivity contribution in [2.45, 2.75) is 52.1 Å². The predicted octanol–water partition coefficient (Wildman–Crippen LogP) is -0.451. The molecular weight excluding hydrogens is 284 g/mol. The number of ketones is 1. The summed E-state index contributed by atoms with van der Waals surface area (Å²) in [4.78, 5) is 34.2. The highest BCUT2D eigenvalue weighted by Gasteiger charge is 2.19. The summed E-state index contributed by atoms with van der Waals surface area (Å²) in [6.07, 6.45) is 2.02. The molecule has 0 aliphatic rings. The van der Waals surface area contributed by atoms with Crippen LogP contribution in [-0.2, 0) is 14.4 Å². The molecule has 0 unspecified atom stereocenters. The Balaban J connectivity index is 3.82. The van der Waals surface area contributed by atoms with E-state index in [9.17, 15) is 14.4 Å². The minimum absolute atomic E-state index is 0.0130. The van der Waals surface area contributed by atoms with Crippen molar-refractivity contribution in [2.24, 2.45) is 11.7 Å². The Morgan fingerprint density at radius 3 is 2.18 bits per heavy atom. The number of nitrogens with two attached hydrogens (primary N) is 1. The highest BCUT2D eigenvalue weighted by atomic mass is 16.2. The lowest BCUT2D eigenvalue weighted by atomic mass is 10.0. The summed E-state index contributed by atoms with van der Waals surface area (Å²) in [5.41, 5.74) is 5.73. The third kappa shape index (κ3) is 8.74. The Bertz CT molecular complexity index is 372. The molecule has 0 aromatic rings. The molecule has 0 aliphatic carbocycles. The van der Waals surface area contributed by atoms with E-state index in [0.29, 0.717) is 13.0 Å². The maximum atomic E-state index is 11.9. The van der Waals surface area contributed by atoms with Crippen LogP contribution in [0.25, 0.3) is 0 Å². The molecule has 0 saturated heterocycles. The standard InChI is InChI=1S/C15H30N4O3/c1-10(2)13(17-4)15(22)18-8-6-5-7-12(16)14(21)19-9-11(3)20/h10,12-13,17H,5-9,16H2,1-4H3,(H,18,22)(H,19,21)/t12-,13+/m1/s1. The van der Waals surface area contributed by atoms with Gasteiger partial charge in [0, 0.05) is 6.54 Å². The molecule has 0 spiro atoms. The molecule has 0 heterocycles. The number of rotatable bonds is 11. The molecule has 128 valence electrons. The highest BCUT2D eigenvalue weighted by molar-refractivity contribution is 5.87. The summed E-state index contributed by atoms with van der Waals surface area (Å²) >= 11 is 0. The average Bonchev–Trinajstić information content (AvgIpc) is 2.44. The summed E-state index contributed by atoms with van der Waals surface area (Å²) in [6, 6.07) is -0.810. The highest BCUT2D eigenvalue weighted by Crippen LogP contribution is 2.02. The van der Waals surface area contributed by atoms with Gasteiger partial charge in [-0.3, -0.25) is 14.4 Å². The van der Waals surface area contributed by atoms with Crippen LogP contribution in [0.3, 0.4) is 0 Å². The van der Waals surface area contributed by atoms with Crippen molar-refractivity contribution < 1.29 is 14.4 Å². The zero-order valence-electron chi connectivity index (χ0n) is 14.1. The van der Waals surface area contributed by atoms with Crippen molar-refractivity contribution in [2.75, 3.05) is 20.1 Å². The van der Waals surface area contributed by atoms with Crippen LogP contribution in [0.1, 0.15) is 40.0 Å². The summed E-state index contributed by atoms with van der Waals surface area (Å²) < 4.78 is 0. The van der Waals surface area contributed by atoms with E-state index < -0.39 is 6.04 Å². The summed E-state index contributed by atoms with van der Waals surface area (Å²) in [6.45, 7) is 5.96. The van der Waals surface area contributed by atoms with Gasteiger partial charge in [-0.25, -0.2) is 0 Å². The maximum absolute atomic E-state index is 11.9. The number of amides is 2. The van der Waals surface area contributed by atoms with Crippen molar-refractivity contribution in [3.8, 4) is 0 Å². The molecule has 7 heteroatoms. The van der Waals surface area contributed by atoms with Crippen LogP contribution >= 0.6 is 0 Å². The van der Waals surface area contributed by atoms with Gasteiger partial charge < -0.3 is 21.7 Å². The van der Waals surface area contributed by atoms with Crippen LogP contribution < -0.4 is 21.7 Å². The van der Waals surface area contributed by atoms with E-state index in [4.69, 9.17) is 5.73 Å². The van der Waals surface area contributed by atoms with E-state index in [1.165, 1.54) is 6.92 Å². The van der Waals surface area contributed by atoms with Gasteiger partial charge in [-0.2, -0.15) is 0 Å². The number of hydrogen-bond acceptors (Lipinski definition) is 5. The second-order valence-corrected chi connectivity index (χ2v) is 5.82. The van der Waals surface area contributed by atoms with Crippen LogP contribution in [0.2, 0.25) is 0 Å². The smallest absolute Gasteiger partial charge is 0.237 e. The first-order valence-electron chi connectivity index (χ1n) is 7.77. The number of carbonyl (C=O) groups is 3. The molecule has 0 fully saturated rings. The Morgan fingerprint density at radius 1 is 1.05 bits per heavy atom. The van der Waals surface area contributed by atoms with Gasteiger partial charge in [-0.15, -0.1) is 0 Å². The number of likely N-dealkylation sites (N-methyl/N-ethyl adjacent to an activating group) is 1. The van der Waals surface area contributed by atoms with Crippen molar-refractivity contribution >= 4 is 17.6 Å². The predicted molar refractivity (Wildman–Crippen MR) is 86.2 cm³/mol. The van der Waals surface area contributed by atoms with Gasteiger partial charge in [-0.1, -0.05) is 13.8 Å². The first kappa shape index (κ1) is 20.5. The lowest BCUT2D eigenvalue weighted by molar-refractivity contribution is -0.125. The molecule has 22 heavy (non-hydrogen) atoms. The van der Waals surface area contributed by atoms with Crippen molar-refractivity contribution in [1.82, 2.24) is 16.0 Å². The Morgan fingerprint density at radius 2 is 1.68 bits per heavy atom. The normalized spacial score (nSPS) is 13.5. The first-order chi connectivity index (χ1) is 10.3. The minimum atomic E-state index is -0.615. The van der Waals surface area contributed by atoms with E-state index >= 15 is 0 Å². The van der Waals surface area contributed by atoms with E-state index in [0.717, 1.165) is 12.8 Å². The molecule has 0 rings (SSSR count). The van der Waals surface area contributed by atoms with Crippen molar-refractivity contribution in [3.63, 3.8) is 0 Å². The molecule has 0 aliphatic heterocycles. The zero-order valence-corrected chi connectivity index (χ0v) is 14.1. The quantitative estimate of drug-likeness (QED) is 0.386. The van der Waals surface area contributed by atoms with Gasteiger partial charge in [-0.05, 0) is 39.2 Å². The average molecular weight is 314 g/mol. The van der Waals surface area contributed by atoms with Crippen LogP contribution in [0, 0.1) is 5.92 Å². The van der Waals surface area contributed by atoms with Crippen molar-refractivity contribution in [3.05, 3.63) is 0 Å². The molecule has 0 saturated carbocycles. The molecule has 0 aromatic carbocycles. The molecular formula is C15H30N4O3.